The maximum Gasteiger partial charge on any atom is 0.392 e. The second-order valence-electron chi connectivity index (χ2n) is 5.03. The standard InChI is InChI=1S/C14H13ClF4O/c15-8-5-6-10(12(16)7-8)13(20)9-3-1-2-4-11(9)14(17,18)19/h5-7,9,11H,1-4H2. The molecule has 0 saturated heterocycles. The van der Waals surface area contributed by atoms with Crippen LogP contribution in [0.5, 0.6) is 0 Å². The predicted octanol–water partition coefficient (Wildman–Crippen LogP) is 5.03. The van der Waals surface area contributed by atoms with Crippen molar-refractivity contribution in [2.24, 2.45) is 11.8 Å². The molecule has 0 radical (unpaired) electrons. The molecule has 20 heavy (non-hydrogen) atoms. The number of ketones is 1. The Morgan fingerprint density at radius 3 is 2.45 bits per heavy atom. The van der Waals surface area contributed by atoms with Gasteiger partial charge in [-0.15, -0.1) is 0 Å². The molecule has 0 aromatic heterocycles. The first-order valence-electron chi connectivity index (χ1n) is 6.36. The number of hydrogen-bond acceptors (Lipinski definition) is 1. The SMILES string of the molecule is O=C(c1ccc(Cl)cc1F)C1CCCCC1C(F)(F)F. The molecule has 0 spiro atoms. The summed E-state index contributed by atoms with van der Waals surface area (Å²) in [5.74, 6) is -4.52. The van der Waals surface area contributed by atoms with E-state index in [1.165, 1.54) is 6.07 Å². The summed E-state index contributed by atoms with van der Waals surface area (Å²) in [6.07, 6.45) is -3.36. The lowest BCUT2D eigenvalue weighted by Crippen LogP contribution is -2.37. The highest BCUT2D eigenvalue weighted by molar-refractivity contribution is 6.30. The Hall–Kier alpha value is -1.10. The van der Waals surface area contributed by atoms with Crippen LogP contribution < -0.4 is 0 Å². The van der Waals surface area contributed by atoms with Gasteiger partial charge in [0.05, 0.1) is 11.5 Å². The minimum atomic E-state index is -4.43. The number of benzene rings is 1. The van der Waals surface area contributed by atoms with Gasteiger partial charge in [0.25, 0.3) is 0 Å². The second kappa shape index (κ2) is 5.72. The van der Waals surface area contributed by atoms with Gasteiger partial charge >= 0.3 is 6.18 Å². The van der Waals surface area contributed by atoms with Crippen LogP contribution in [0, 0.1) is 17.7 Å². The number of alkyl halides is 3. The molecule has 1 nitrogen and oxygen atoms in total. The Morgan fingerprint density at radius 1 is 1.20 bits per heavy atom. The van der Waals surface area contributed by atoms with E-state index in [4.69, 9.17) is 11.6 Å². The molecular formula is C14H13ClF4O. The molecule has 2 rings (SSSR count). The summed E-state index contributed by atoms with van der Waals surface area (Å²) in [5.41, 5.74) is -0.310. The second-order valence-corrected chi connectivity index (χ2v) is 5.46. The van der Waals surface area contributed by atoms with E-state index in [1.807, 2.05) is 0 Å². The van der Waals surface area contributed by atoms with Crippen molar-refractivity contribution in [2.75, 3.05) is 0 Å². The van der Waals surface area contributed by atoms with Gasteiger partial charge in [-0.1, -0.05) is 24.4 Å². The van der Waals surface area contributed by atoms with Crippen molar-refractivity contribution in [3.05, 3.63) is 34.6 Å². The largest absolute Gasteiger partial charge is 0.392 e. The van der Waals surface area contributed by atoms with Crippen LogP contribution >= 0.6 is 11.6 Å². The highest BCUT2D eigenvalue weighted by Crippen LogP contribution is 2.43. The van der Waals surface area contributed by atoms with Crippen LogP contribution in [0.2, 0.25) is 5.02 Å². The number of halogens is 5. The summed E-state index contributed by atoms with van der Waals surface area (Å²) < 4.78 is 52.6. The van der Waals surface area contributed by atoms with E-state index >= 15 is 0 Å². The fourth-order valence-electron chi connectivity index (χ4n) is 2.73. The molecule has 110 valence electrons. The summed E-state index contributed by atoms with van der Waals surface area (Å²) in [6, 6.07) is 3.41. The lowest BCUT2D eigenvalue weighted by atomic mass is 9.75. The molecule has 1 aliphatic rings. The zero-order valence-corrected chi connectivity index (χ0v) is 11.3. The molecule has 1 saturated carbocycles. The van der Waals surface area contributed by atoms with Gasteiger partial charge in [-0.25, -0.2) is 4.39 Å². The molecule has 6 heteroatoms. The number of Topliss-reactive ketones (excluding diaryl/α,β-unsaturated/α-hetero) is 1. The lowest BCUT2D eigenvalue weighted by Gasteiger charge is -2.32. The van der Waals surface area contributed by atoms with E-state index in [0.29, 0.717) is 12.8 Å². The van der Waals surface area contributed by atoms with E-state index in [1.54, 1.807) is 0 Å². The molecule has 0 aliphatic heterocycles. The Bertz CT molecular complexity index is 512. The molecule has 1 aromatic rings. The van der Waals surface area contributed by atoms with Gasteiger partial charge in [0, 0.05) is 10.9 Å². The zero-order valence-electron chi connectivity index (χ0n) is 10.5. The molecule has 0 N–H and O–H groups in total. The molecule has 0 bridgehead atoms. The highest BCUT2D eigenvalue weighted by Gasteiger charge is 2.48. The average molecular weight is 309 g/mol. The Labute approximate surface area is 118 Å². The third-order valence-corrected chi connectivity index (χ3v) is 3.95. The van der Waals surface area contributed by atoms with Crippen molar-refractivity contribution in [2.45, 2.75) is 31.9 Å². The maximum absolute atomic E-state index is 13.7. The fourth-order valence-corrected chi connectivity index (χ4v) is 2.88. The Kier molecular flexibility index (Phi) is 4.37. The minimum Gasteiger partial charge on any atom is -0.294 e. The molecular weight excluding hydrogens is 296 g/mol. The van der Waals surface area contributed by atoms with E-state index in [2.05, 4.69) is 0 Å². The van der Waals surface area contributed by atoms with Gasteiger partial charge in [-0.3, -0.25) is 4.79 Å². The normalized spacial score (nSPS) is 23.6. The van der Waals surface area contributed by atoms with Crippen LogP contribution in [0.3, 0.4) is 0 Å². The van der Waals surface area contributed by atoms with Crippen molar-refractivity contribution >= 4 is 17.4 Å². The number of carbonyl (C=O) groups is 1. The van der Waals surface area contributed by atoms with E-state index < -0.39 is 29.6 Å². The van der Waals surface area contributed by atoms with Gasteiger partial charge in [0.15, 0.2) is 5.78 Å². The van der Waals surface area contributed by atoms with Crippen LogP contribution in [-0.2, 0) is 0 Å². The molecule has 1 fully saturated rings. The number of rotatable bonds is 2. The quantitative estimate of drug-likeness (QED) is 0.553. The summed E-state index contributed by atoms with van der Waals surface area (Å²) in [7, 11) is 0. The van der Waals surface area contributed by atoms with Crippen LogP contribution in [0.25, 0.3) is 0 Å². The number of hydrogen-bond donors (Lipinski definition) is 0. The van der Waals surface area contributed by atoms with Crippen molar-refractivity contribution < 1.29 is 22.4 Å². The fraction of sp³-hybridized carbons (Fsp3) is 0.500. The molecule has 2 unspecified atom stereocenters. The van der Waals surface area contributed by atoms with E-state index in [9.17, 15) is 22.4 Å². The van der Waals surface area contributed by atoms with Gasteiger partial charge in [-0.05, 0) is 31.0 Å². The first-order chi connectivity index (χ1) is 9.30. The summed E-state index contributed by atoms with van der Waals surface area (Å²) in [6.45, 7) is 0. The number of carbonyl (C=O) groups excluding carboxylic acids is 1. The van der Waals surface area contributed by atoms with Gasteiger partial charge < -0.3 is 0 Å². The van der Waals surface area contributed by atoms with Crippen molar-refractivity contribution in [1.29, 1.82) is 0 Å². The van der Waals surface area contributed by atoms with Crippen LogP contribution in [-0.4, -0.2) is 12.0 Å². The minimum absolute atomic E-state index is 0.0743. The molecule has 1 aliphatic carbocycles. The Morgan fingerprint density at radius 2 is 1.85 bits per heavy atom. The smallest absolute Gasteiger partial charge is 0.294 e. The van der Waals surface area contributed by atoms with Crippen molar-refractivity contribution in [3.8, 4) is 0 Å². The summed E-state index contributed by atoms with van der Waals surface area (Å²) >= 11 is 5.58. The third kappa shape index (κ3) is 3.14. The zero-order chi connectivity index (χ0) is 14.9. The topological polar surface area (TPSA) is 17.1 Å². The summed E-state index contributed by atoms with van der Waals surface area (Å²) in [4.78, 5) is 12.2. The third-order valence-electron chi connectivity index (χ3n) is 3.72. The van der Waals surface area contributed by atoms with Gasteiger partial charge in [-0.2, -0.15) is 13.2 Å². The Balaban J connectivity index is 2.30. The van der Waals surface area contributed by atoms with E-state index in [0.717, 1.165) is 12.1 Å². The molecule has 0 heterocycles. The van der Waals surface area contributed by atoms with E-state index in [-0.39, 0.29) is 23.4 Å². The average Bonchev–Trinajstić information content (AvgIpc) is 2.37. The lowest BCUT2D eigenvalue weighted by molar-refractivity contribution is -0.190. The summed E-state index contributed by atoms with van der Waals surface area (Å²) in [5, 5.41) is 0.107. The first-order valence-corrected chi connectivity index (χ1v) is 6.74. The first kappa shape index (κ1) is 15.3. The molecule has 1 aromatic carbocycles. The molecule has 0 amide bonds. The predicted molar refractivity (Wildman–Crippen MR) is 67.2 cm³/mol. The molecule has 2 atom stereocenters. The van der Waals surface area contributed by atoms with Crippen molar-refractivity contribution in [3.63, 3.8) is 0 Å². The monoisotopic (exact) mass is 308 g/mol. The maximum atomic E-state index is 13.7. The van der Waals surface area contributed by atoms with Gasteiger partial charge in [0.1, 0.15) is 5.82 Å². The van der Waals surface area contributed by atoms with Crippen LogP contribution in [0.4, 0.5) is 17.6 Å². The highest BCUT2D eigenvalue weighted by atomic mass is 35.5. The van der Waals surface area contributed by atoms with Crippen molar-refractivity contribution in [1.82, 2.24) is 0 Å². The van der Waals surface area contributed by atoms with Crippen LogP contribution in [0.1, 0.15) is 36.0 Å². The van der Waals surface area contributed by atoms with Gasteiger partial charge in [0.2, 0.25) is 0 Å². The van der Waals surface area contributed by atoms with Crippen LogP contribution in [0.15, 0.2) is 18.2 Å².